The van der Waals surface area contributed by atoms with Gasteiger partial charge in [0, 0.05) is 24.3 Å². The first kappa shape index (κ1) is 18.5. The lowest BCUT2D eigenvalue weighted by molar-refractivity contribution is -0.127. The van der Waals surface area contributed by atoms with Crippen molar-refractivity contribution < 1.29 is 13.9 Å². The lowest BCUT2D eigenvalue weighted by atomic mass is 9.97. The Morgan fingerprint density at radius 1 is 1.46 bits per heavy atom. The van der Waals surface area contributed by atoms with Crippen molar-refractivity contribution in [3.05, 3.63) is 47.0 Å². The summed E-state index contributed by atoms with van der Waals surface area (Å²) >= 11 is 0. The van der Waals surface area contributed by atoms with Crippen LogP contribution in [0.2, 0.25) is 0 Å². The number of piperidine rings is 1. The Balaban J connectivity index is 1.58. The molecule has 1 fully saturated rings. The number of likely N-dealkylation sites (tertiary alicyclic amines) is 1. The van der Waals surface area contributed by atoms with E-state index in [0.29, 0.717) is 12.4 Å². The molecule has 1 atom stereocenters. The number of aryl methyl sites for hydroxylation is 2. The summed E-state index contributed by atoms with van der Waals surface area (Å²) in [4.78, 5) is 19.4. The molecule has 0 aliphatic carbocycles. The fraction of sp³-hybridized carbons (Fsp3) is 0.500. The molecule has 6 heteroatoms. The van der Waals surface area contributed by atoms with Crippen LogP contribution in [0.1, 0.15) is 35.4 Å². The molecule has 1 N–H and O–H groups in total. The second-order valence-corrected chi connectivity index (χ2v) is 6.94. The summed E-state index contributed by atoms with van der Waals surface area (Å²) in [6.45, 7) is 6.91. The maximum absolute atomic E-state index is 12.7. The van der Waals surface area contributed by atoms with Gasteiger partial charge in [0.05, 0.1) is 25.8 Å². The Morgan fingerprint density at radius 2 is 2.31 bits per heavy atom. The SMILES string of the molecule is COc1nc(C)cc(C)c1CNC(=O)[C@H]1CCCN(Cc2ccco2)C1. The zero-order valence-corrected chi connectivity index (χ0v) is 15.7. The minimum absolute atomic E-state index is 0.00317. The van der Waals surface area contributed by atoms with Crippen molar-refractivity contribution in [2.24, 2.45) is 5.92 Å². The fourth-order valence-electron chi connectivity index (χ4n) is 3.57. The third-order valence-corrected chi connectivity index (χ3v) is 4.91. The molecular formula is C20H27N3O3. The molecule has 2 aromatic heterocycles. The Hall–Kier alpha value is -2.34. The van der Waals surface area contributed by atoms with E-state index in [-0.39, 0.29) is 11.8 Å². The minimum Gasteiger partial charge on any atom is -0.481 e. The van der Waals surface area contributed by atoms with E-state index in [4.69, 9.17) is 9.15 Å². The summed E-state index contributed by atoms with van der Waals surface area (Å²) in [6.07, 6.45) is 3.63. The zero-order chi connectivity index (χ0) is 18.5. The van der Waals surface area contributed by atoms with E-state index in [0.717, 1.165) is 55.1 Å². The van der Waals surface area contributed by atoms with Crippen LogP contribution >= 0.6 is 0 Å². The molecule has 26 heavy (non-hydrogen) atoms. The van der Waals surface area contributed by atoms with Gasteiger partial charge in [-0.3, -0.25) is 9.69 Å². The van der Waals surface area contributed by atoms with Crippen LogP contribution in [0, 0.1) is 19.8 Å². The van der Waals surface area contributed by atoms with Gasteiger partial charge in [-0.05, 0) is 57.0 Å². The summed E-state index contributed by atoms with van der Waals surface area (Å²) in [7, 11) is 1.61. The number of carbonyl (C=O) groups excluding carboxylic acids is 1. The van der Waals surface area contributed by atoms with Gasteiger partial charge in [-0.1, -0.05) is 0 Å². The highest BCUT2D eigenvalue weighted by Crippen LogP contribution is 2.22. The van der Waals surface area contributed by atoms with Gasteiger partial charge in [-0.25, -0.2) is 4.98 Å². The Labute approximate surface area is 154 Å². The maximum atomic E-state index is 12.7. The molecule has 0 saturated carbocycles. The van der Waals surface area contributed by atoms with Crippen molar-refractivity contribution in [1.29, 1.82) is 0 Å². The number of carbonyl (C=O) groups is 1. The smallest absolute Gasteiger partial charge is 0.224 e. The van der Waals surface area contributed by atoms with Gasteiger partial charge >= 0.3 is 0 Å². The molecule has 1 saturated heterocycles. The number of pyridine rings is 1. The van der Waals surface area contributed by atoms with Gasteiger partial charge in [-0.15, -0.1) is 0 Å². The Kier molecular flexibility index (Phi) is 5.93. The number of aromatic nitrogens is 1. The van der Waals surface area contributed by atoms with Gasteiger partial charge in [0.2, 0.25) is 11.8 Å². The first-order chi connectivity index (χ1) is 12.6. The Bertz CT molecular complexity index is 743. The third kappa shape index (κ3) is 4.43. The number of nitrogens with zero attached hydrogens (tertiary/aromatic N) is 2. The monoisotopic (exact) mass is 357 g/mol. The van der Waals surface area contributed by atoms with E-state index < -0.39 is 0 Å². The summed E-state index contributed by atoms with van der Waals surface area (Å²) in [5.74, 6) is 1.63. The maximum Gasteiger partial charge on any atom is 0.224 e. The van der Waals surface area contributed by atoms with Gasteiger partial charge in [0.25, 0.3) is 0 Å². The molecule has 0 unspecified atom stereocenters. The molecule has 140 valence electrons. The first-order valence-electron chi connectivity index (χ1n) is 9.10. The highest BCUT2D eigenvalue weighted by molar-refractivity contribution is 5.79. The second kappa shape index (κ2) is 8.36. The van der Waals surface area contributed by atoms with Crippen LogP contribution in [0.5, 0.6) is 5.88 Å². The lowest BCUT2D eigenvalue weighted by Gasteiger charge is -2.31. The Morgan fingerprint density at radius 3 is 3.04 bits per heavy atom. The van der Waals surface area contributed by atoms with Crippen molar-refractivity contribution in [2.75, 3.05) is 20.2 Å². The van der Waals surface area contributed by atoms with E-state index in [2.05, 4.69) is 15.2 Å². The number of ether oxygens (including phenoxy) is 1. The molecule has 3 rings (SSSR count). The quantitative estimate of drug-likeness (QED) is 0.861. The number of furan rings is 1. The van der Waals surface area contributed by atoms with Gasteiger partial charge in [0.15, 0.2) is 0 Å². The molecule has 0 spiro atoms. The van der Waals surface area contributed by atoms with Gasteiger partial charge in [-0.2, -0.15) is 0 Å². The number of hydrogen-bond acceptors (Lipinski definition) is 5. The molecule has 2 aromatic rings. The van der Waals surface area contributed by atoms with Crippen LogP contribution in [0.4, 0.5) is 0 Å². The topological polar surface area (TPSA) is 67.6 Å². The predicted octanol–water partition coefficient (Wildman–Crippen LogP) is 2.83. The molecule has 1 aliphatic rings. The van der Waals surface area contributed by atoms with E-state index >= 15 is 0 Å². The molecule has 3 heterocycles. The van der Waals surface area contributed by atoms with Gasteiger partial charge in [0.1, 0.15) is 5.76 Å². The van der Waals surface area contributed by atoms with Crippen molar-refractivity contribution in [1.82, 2.24) is 15.2 Å². The van der Waals surface area contributed by atoms with Crippen molar-refractivity contribution in [2.45, 2.75) is 39.8 Å². The first-order valence-corrected chi connectivity index (χ1v) is 9.10. The predicted molar refractivity (Wildman–Crippen MR) is 98.8 cm³/mol. The highest BCUT2D eigenvalue weighted by atomic mass is 16.5. The fourth-order valence-corrected chi connectivity index (χ4v) is 3.57. The van der Waals surface area contributed by atoms with Crippen molar-refractivity contribution in [3.63, 3.8) is 0 Å². The van der Waals surface area contributed by atoms with E-state index in [1.807, 2.05) is 32.0 Å². The molecule has 1 amide bonds. The van der Waals surface area contributed by atoms with Crippen LogP contribution in [0.15, 0.2) is 28.9 Å². The van der Waals surface area contributed by atoms with Crippen molar-refractivity contribution >= 4 is 5.91 Å². The number of amides is 1. The summed E-state index contributed by atoms with van der Waals surface area (Å²) in [5.41, 5.74) is 2.93. The molecule has 0 radical (unpaired) electrons. The minimum atomic E-state index is 0.00317. The molecule has 6 nitrogen and oxygen atoms in total. The molecular weight excluding hydrogens is 330 g/mol. The number of rotatable bonds is 6. The molecule has 0 aromatic carbocycles. The average molecular weight is 357 g/mol. The standard InChI is InChI=1S/C20H27N3O3/c1-14-10-15(2)22-20(25-3)18(14)11-21-19(24)16-6-4-8-23(12-16)13-17-7-5-9-26-17/h5,7,9-10,16H,4,6,8,11-13H2,1-3H3,(H,21,24)/t16-/m0/s1. The number of hydrogen-bond donors (Lipinski definition) is 1. The summed E-state index contributed by atoms with van der Waals surface area (Å²) < 4.78 is 10.8. The normalized spacial score (nSPS) is 17.9. The number of nitrogens with one attached hydrogen (secondary N) is 1. The van der Waals surface area contributed by atoms with Crippen LogP contribution in [0.3, 0.4) is 0 Å². The molecule has 0 bridgehead atoms. The van der Waals surface area contributed by atoms with Crippen LogP contribution in [-0.4, -0.2) is 36.0 Å². The van der Waals surface area contributed by atoms with E-state index in [9.17, 15) is 4.79 Å². The van der Waals surface area contributed by atoms with Crippen LogP contribution in [0.25, 0.3) is 0 Å². The largest absolute Gasteiger partial charge is 0.481 e. The highest BCUT2D eigenvalue weighted by Gasteiger charge is 2.26. The summed E-state index contributed by atoms with van der Waals surface area (Å²) in [5, 5.41) is 3.07. The lowest BCUT2D eigenvalue weighted by Crippen LogP contribution is -2.42. The van der Waals surface area contributed by atoms with E-state index in [1.165, 1.54) is 0 Å². The third-order valence-electron chi connectivity index (χ3n) is 4.91. The van der Waals surface area contributed by atoms with Gasteiger partial charge < -0.3 is 14.5 Å². The van der Waals surface area contributed by atoms with Crippen LogP contribution < -0.4 is 10.1 Å². The number of methoxy groups -OCH3 is 1. The van der Waals surface area contributed by atoms with E-state index in [1.54, 1.807) is 13.4 Å². The zero-order valence-electron chi connectivity index (χ0n) is 15.7. The average Bonchev–Trinajstić information content (AvgIpc) is 3.13. The summed E-state index contributed by atoms with van der Waals surface area (Å²) in [6, 6.07) is 5.88. The molecule has 1 aliphatic heterocycles. The van der Waals surface area contributed by atoms with Crippen LogP contribution in [-0.2, 0) is 17.9 Å². The van der Waals surface area contributed by atoms with Crippen molar-refractivity contribution in [3.8, 4) is 5.88 Å². The second-order valence-electron chi connectivity index (χ2n) is 6.94.